The van der Waals surface area contributed by atoms with Crippen molar-refractivity contribution in [3.8, 4) is 0 Å². The summed E-state index contributed by atoms with van der Waals surface area (Å²) in [6.07, 6.45) is 2.98. The molecule has 1 aliphatic rings. The summed E-state index contributed by atoms with van der Waals surface area (Å²) in [5.74, 6) is -1.39. The number of nitrogens with zero attached hydrogens (tertiary/aromatic N) is 3. The van der Waals surface area contributed by atoms with Crippen molar-refractivity contribution in [2.45, 2.75) is 26.3 Å². The van der Waals surface area contributed by atoms with E-state index in [1.54, 1.807) is 21.8 Å². The van der Waals surface area contributed by atoms with Crippen LogP contribution in [0.25, 0.3) is 0 Å². The van der Waals surface area contributed by atoms with E-state index in [0.29, 0.717) is 31.7 Å². The maximum absolute atomic E-state index is 12.3. The van der Waals surface area contributed by atoms with Crippen LogP contribution in [0.1, 0.15) is 30.3 Å². The van der Waals surface area contributed by atoms with Gasteiger partial charge >= 0.3 is 5.97 Å². The lowest BCUT2D eigenvalue weighted by Gasteiger charge is -2.30. The molecule has 6 nitrogen and oxygen atoms in total. The van der Waals surface area contributed by atoms with E-state index in [-0.39, 0.29) is 5.91 Å². The molecule has 1 unspecified atom stereocenters. The predicted molar refractivity (Wildman–Crippen MR) is 64.2 cm³/mol. The summed E-state index contributed by atoms with van der Waals surface area (Å²) in [5.41, 5.74) is 0.531. The zero-order chi connectivity index (χ0) is 13.1. The SMILES string of the molecule is CCn1nccc1C(=O)N1CCCC(C(=O)O)C1. The second-order valence-electron chi connectivity index (χ2n) is 4.46. The Bertz CT molecular complexity index is 455. The number of likely N-dealkylation sites (tertiary alicyclic amines) is 1. The van der Waals surface area contributed by atoms with Gasteiger partial charge in [-0.25, -0.2) is 0 Å². The first-order chi connectivity index (χ1) is 8.63. The summed E-state index contributed by atoms with van der Waals surface area (Å²) >= 11 is 0. The van der Waals surface area contributed by atoms with Gasteiger partial charge in [0.25, 0.3) is 5.91 Å². The third-order valence-electron chi connectivity index (χ3n) is 3.29. The average Bonchev–Trinajstić information content (AvgIpc) is 2.86. The first-order valence-corrected chi connectivity index (χ1v) is 6.17. The zero-order valence-corrected chi connectivity index (χ0v) is 10.4. The predicted octanol–water partition coefficient (Wildman–Crippen LogP) is 0.840. The van der Waals surface area contributed by atoms with E-state index >= 15 is 0 Å². The van der Waals surface area contributed by atoms with E-state index in [2.05, 4.69) is 5.10 Å². The molecule has 0 radical (unpaired) electrons. The molecular weight excluding hydrogens is 234 g/mol. The molecule has 0 spiro atoms. The lowest BCUT2D eigenvalue weighted by atomic mass is 9.98. The molecule has 6 heteroatoms. The number of aliphatic carboxylic acids is 1. The van der Waals surface area contributed by atoms with Crippen LogP contribution in [0.4, 0.5) is 0 Å². The van der Waals surface area contributed by atoms with Gasteiger partial charge < -0.3 is 10.0 Å². The summed E-state index contributed by atoms with van der Waals surface area (Å²) < 4.78 is 1.63. The standard InChI is InChI=1S/C12H17N3O3/c1-2-15-10(5-6-13-15)11(16)14-7-3-4-9(8-14)12(17)18/h5-6,9H,2-4,7-8H2,1H3,(H,17,18). The lowest BCUT2D eigenvalue weighted by molar-refractivity contribution is -0.143. The van der Waals surface area contributed by atoms with Gasteiger partial charge in [-0.1, -0.05) is 0 Å². The number of carboxylic acid groups (broad SMARTS) is 1. The van der Waals surface area contributed by atoms with E-state index in [1.165, 1.54) is 0 Å². The lowest BCUT2D eigenvalue weighted by Crippen LogP contribution is -2.43. The van der Waals surface area contributed by atoms with Crippen molar-refractivity contribution in [1.29, 1.82) is 0 Å². The molecule has 2 heterocycles. The van der Waals surface area contributed by atoms with E-state index in [1.807, 2.05) is 6.92 Å². The van der Waals surface area contributed by atoms with Gasteiger partial charge in [0.1, 0.15) is 5.69 Å². The number of carbonyl (C=O) groups excluding carboxylic acids is 1. The van der Waals surface area contributed by atoms with Crippen LogP contribution in [0.2, 0.25) is 0 Å². The largest absolute Gasteiger partial charge is 0.481 e. The van der Waals surface area contributed by atoms with Crippen LogP contribution >= 0.6 is 0 Å². The molecule has 1 amide bonds. The maximum atomic E-state index is 12.3. The third kappa shape index (κ3) is 2.37. The number of carbonyl (C=O) groups is 2. The van der Waals surface area contributed by atoms with Gasteiger partial charge in [0.05, 0.1) is 5.92 Å². The van der Waals surface area contributed by atoms with Crippen LogP contribution in [0.3, 0.4) is 0 Å². The summed E-state index contributed by atoms with van der Waals surface area (Å²) in [5, 5.41) is 13.1. The molecule has 2 rings (SSSR count). The van der Waals surface area contributed by atoms with Crippen molar-refractivity contribution < 1.29 is 14.7 Å². The van der Waals surface area contributed by atoms with Crippen molar-refractivity contribution in [3.63, 3.8) is 0 Å². The highest BCUT2D eigenvalue weighted by atomic mass is 16.4. The maximum Gasteiger partial charge on any atom is 0.308 e. The van der Waals surface area contributed by atoms with Crippen molar-refractivity contribution in [3.05, 3.63) is 18.0 Å². The number of carboxylic acids is 1. The van der Waals surface area contributed by atoms with E-state index in [4.69, 9.17) is 5.11 Å². The van der Waals surface area contributed by atoms with Gasteiger partial charge in [-0.3, -0.25) is 14.3 Å². The van der Waals surface area contributed by atoms with Crippen molar-refractivity contribution in [1.82, 2.24) is 14.7 Å². The highest BCUT2D eigenvalue weighted by Crippen LogP contribution is 2.18. The van der Waals surface area contributed by atoms with Crippen molar-refractivity contribution in [2.75, 3.05) is 13.1 Å². The second kappa shape index (κ2) is 5.20. The quantitative estimate of drug-likeness (QED) is 0.863. The van der Waals surface area contributed by atoms with Crippen LogP contribution in [0, 0.1) is 5.92 Å². The van der Waals surface area contributed by atoms with Crippen LogP contribution in [0.5, 0.6) is 0 Å². The normalized spacial score (nSPS) is 19.8. The van der Waals surface area contributed by atoms with Gasteiger partial charge in [-0.2, -0.15) is 5.10 Å². The monoisotopic (exact) mass is 251 g/mol. The Labute approximate surface area is 105 Å². The molecule has 18 heavy (non-hydrogen) atoms. The minimum atomic E-state index is -0.823. The fraction of sp³-hybridized carbons (Fsp3) is 0.583. The van der Waals surface area contributed by atoms with E-state index in [0.717, 1.165) is 6.42 Å². The van der Waals surface area contributed by atoms with Crippen LogP contribution in [0.15, 0.2) is 12.3 Å². The molecular formula is C12H17N3O3. The fourth-order valence-electron chi connectivity index (χ4n) is 2.29. The molecule has 1 N–H and O–H groups in total. The van der Waals surface area contributed by atoms with Gasteiger partial charge in [0.2, 0.25) is 0 Å². The van der Waals surface area contributed by atoms with Gasteiger partial charge in [-0.05, 0) is 25.8 Å². The van der Waals surface area contributed by atoms with Crippen LogP contribution in [-0.4, -0.2) is 44.8 Å². The summed E-state index contributed by atoms with van der Waals surface area (Å²) in [7, 11) is 0. The topological polar surface area (TPSA) is 75.4 Å². The van der Waals surface area contributed by atoms with Gasteiger partial charge in [0, 0.05) is 25.8 Å². The first-order valence-electron chi connectivity index (χ1n) is 6.17. The molecule has 0 saturated carbocycles. The molecule has 1 aliphatic heterocycles. The third-order valence-corrected chi connectivity index (χ3v) is 3.29. The average molecular weight is 251 g/mol. The fourth-order valence-corrected chi connectivity index (χ4v) is 2.29. The van der Waals surface area contributed by atoms with Gasteiger partial charge in [-0.15, -0.1) is 0 Å². The molecule has 0 aromatic carbocycles. The highest BCUT2D eigenvalue weighted by molar-refractivity contribution is 5.92. The molecule has 1 aromatic rings. The molecule has 98 valence electrons. The van der Waals surface area contributed by atoms with E-state index in [9.17, 15) is 9.59 Å². The Balaban J connectivity index is 2.11. The second-order valence-corrected chi connectivity index (χ2v) is 4.46. The number of hydrogen-bond donors (Lipinski definition) is 1. The van der Waals surface area contributed by atoms with Crippen LogP contribution in [-0.2, 0) is 11.3 Å². The first kappa shape index (κ1) is 12.6. The molecule has 0 bridgehead atoms. The summed E-state index contributed by atoms with van der Waals surface area (Å²) in [6.45, 7) is 3.46. The Morgan fingerprint density at radius 2 is 2.33 bits per heavy atom. The Morgan fingerprint density at radius 3 is 3.00 bits per heavy atom. The zero-order valence-electron chi connectivity index (χ0n) is 10.4. The summed E-state index contributed by atoms with van der Waals surface area (Å²) in [4.78, 5) is 24.9. The molecule has 1 aromatic heterocycles. The van der Waals surface area contributed by atoms with Crippen LogP contribution < -0.4 is 0 Å². The van der Waals surface area contributed by atoms with Crippen molar-refractivity contribution >= 4 is 11.9 Å². The number of amides is 1. The molecule has 1 saturated heterocycles. The Morgan fingerprint density at radius 1 is 1.56 bits per heavy atom. The molecule has 1 fully saturated rings. The Hall–Kier alpha value is -1.85. The highest BCUT2D eigenvalue weighted by Gasteiger charge is 2.29. The molecule has 0 aliphatic carbocycles. The minimum Gasteiger partial charge on any atom is -0.481 e. The van der Waals surface area contributed by atoms with E-state index < -0.39 is 11.9 Å². The number of aryl methyl sites for hydroxylation is 1. The molecule has 1 atom stereocenters. The summed E-state index contributed by atoms with van der Waals surface area (Å²) in [6, 6.07) is 1.68. The number of hydrogen-bond acceptors (Lipinski definition) is 3. The smallest absolute Gasteiger partial charge is 0.308 e. The van der Waals surface area contributed by atoms with Gasteiger partial charge in [0.15, 0.2) is 0 Å². The number of rotatable bonds is 3. The minimum absolute atomic E-state index is 0.125. The number of piperidine rings is 1. The van der Waals surface area contributed by atoms with Crippen molar-refractivity contribution in [2.24, 2.45) is 5.92 Å². The Kier molecular flexibility index (Phi) is 3.64. The number of aromatic nitrogens is 2.